The Morgan fingerprint density at radius 3 is 1.90 bits per heavy atom. The van der Waals surface area contributed by atoms with Crippen LogP contribution in [-0.2, 0) is 4.74 Å². The van der Waals surface area contributed by atoms with E-state index in [9.17, 15) is 4.79 Å². The fourth-order valence-electron chi connectivity index (χ4n) is 5.57. The van der Waals surface area contributed by atoms with E-state index in [4.69, 9.17) is 4.74 Å². The van der Waals surface area contributed by atoms with Crippen molar-refractivity contribution in [1.29, 1.82) is 0 Å². The van der Waals surface area contributed by atoms with E-state index in [2.05, 4.69) is 21.9 Å². The molecule has 1 amide bonds. The molecule has 30 heavy (non-hydrogen) atoms. The molecule has 1 saturated carbocycles. The van der Waals surface area contributed by atoms with Gasteiger partial charge in [-0.3, -0.25) is 4.79 Å². The maximum Gasteiger partial charge on any atom is 0.253 e. The Hall–Kier alpha value is -1.59. The molecule has 1 aromatic carbocycles. The predicted molar refractivity (Wildman–Crippen MR) is 120 cm³/mol. The van der Waals surface area contributed by atoms with E-state index in [-0.39, 0.29) is 5.91 Å². The minimum atomic E-state index is 0.189. The third-order valence-electron chi connectivity index (χ3n) is 7.77. The molecule has 1 aromatic rings. The maximum atomic E-state index is 12.5. The highest BCUT2D eigenvalue weighted by Gasteiger charge is 2.31. The van der Waals surface area contributed by atoms with Crippen LogP contribution >= 0.6 is 0 Å². The van der Waals surface area contributed by atoms with Gasteiger partial charge in [-0.15, -0.1) is 0 Å². The summed E-state index contributed by atoms with van der Waals surface area (Å²) >= 11 is 0. The van der Waals surface area contributed by atoms with Crippen LogP contribution in [0.3, 0.4) is 0 Å². The molecule has 164 valence electrons. The summed E-state index contributed by atoms with van der Waals surface area (Å²) in [5.74, 6) is 0.189. The number of carbonyl (C=O) groups is 1. The SMILES string of the molecule is O=C(c1ccc(N2CCC(OC3CCN(C4CCC4)CC3)CC2)cc1)N1CCCC1. The second-order valence-corrected chi connectivity index (χ2v) is 9.69. The van der Waals surface area contributed by atoms with Crippen LogP contribution in [0.25, 0.3) is 0 Å². The summed E-state index contributed by atoms with van der Waals surface area (Å²) in [6.45, 7) is 6.38. The first-order valence-corrected chi connectivity index (χ1v) is 12.3. The Morgan fingerprint density at radius 2 is 1.33 bits per heavy atom. The third-order valence-corrected chi connectivity index (χ3v) is 7.77. The van der Waals surface area contributed by atoms with Crippen LogP contribution in [0.5, 0.6) is 0 Å². The molecule has 0 spiro atoms. The van der Waals surface area contributed by atoms with Gasteiger partial charge in [0, 0.05) is 56.6 Å². The van der Waals surface area contributed by atoms with Crippen molar-refractivity contribution in [3.63, 3.8) is 0 Å². The summed E-state index contributed by atoms with van der Waals surface area (Å²) in [5.41, 5.74) is 2.06. The largest absolute Gasteiger partial charge is 0.375 e. The molecular formula is C25H37N3O2. The van der Waals surface area contributed by atoms with Gasteiger partial charge in [0.2, 0.25) is 0 Å². The van der Waals surface area contributed by atoms with Crippen LogP contribution in [0, 0.1) is 0 Å². The van der Waals surface area contributed by atoms with Crippen molar-refractivity contribution in [2.75, 3.05) is 44.2 Å². The normalized spacial score (nSPS) is 24.9. The van der Waals surface area contributed by atoms with E-state index >= 15 is 0 Å². The molecule has 0 bridgehead atoms. The molecule has 3 heterocycles. The van der Waals surface area contributed by atoms with Crippen molar-refractivity contribution in [1.82, 2.24) is 9.80 Å². The number of rotatable bonds is 5. The van der Waals surface area contributed by atoms with Crippen molar-refractivity contribution in [2.24, 2.45) is 0 Å². The number of nitrogens with zero attached hydrogens (tertiary/aromatic N) is 3. The number of likely N-dealkylation sites (tertiary alicyclic amines) is 2. The molecule has 1 aliphatic carbocycles. The Balaban J connectivity index is 1.06. The smallest absolute Gasteiger partial charge is 0.253 e. The molecule has 3 saturated heterocycles. The zero-order valence-electron chi connectivity index (χ0n) is 18.3. The van der Waals surface area contributed by atoms with Crippen LogP contribution < -0.4 is 4.90 Å². The van der Waals surface area contributed by atoms with Crippen LogP contribution in [-0.4, -0.2) is 73.2 Å². The number of hydrogen-bond donors (Lipinski definition) is 0. The zero-order valence-corrected chi connectivity index (χ0v) is 18.3. The Labute approximate surface area is 181 Å². The van der Waals surface area contributed by atoms with Crippen LogP contribution in [0.15, 0.2) is 24.3 Å². The monoisotopic (exact) mass is 411 g/mol. The average molecular weight is 412 g/mol. The van der Waals surface area contributed by atoms with E-state index in [1.165, 1.54) is 50.9 Å². The first-order chi connectivity index (χ1) is 14.8. The number of benzene rings is 1. The summed E-state index contributed by atoms with van der Waals surface area (Å²) < 4.78 is 6.50. The lowest BCUT2D eigenvalue weighted by Gasteiger charge is -2.43. The highest BCUT2D eigenvalue weighted by Crippen LogP contribution is 2.29. The van der Waals surface area contributed by atoms with Gasteiger partial charge in [0.15, 0.2) is 0 Å². The molecule has 5 nitrogen and oxygen atoms in total. The second kappa shape index (κ2) is 9.27. The van der Waals surface area contributed by atoms with Crippen LogP contribution in [0.4, 0.5) is 5.69 Å². The van der Waals surface area contributed by atoms with Gasteiger partial charge in [0.25, 0.3) is 5.91 Å². The van der Waals surface area contributed by atoms with Gasteiger partial charge in [0.1, 0.15) is 0 Å². The van der Waals surface area contributed by atoms with Gasteiger partial charge in [-0.25, -0.2) is 0 Å². The van der Waals surface area contributed by atoms with Gasteiger partial charge < -0.3 is 19.4 Å². The lowest BCUT2D eigenvalue weighted by atomic mass is 9.89. The zero-order chi connectivity index (χ0) is 20.3. The number of hydrogen-bond acceptors (Lipinski definition) is 4. The van der Waals surface area contributed by atoms with Crippen LogP contribution in [0.2, 0.25) is 0 Å². The number of carbonyl (C=O) groups excluding carboxylic acids is 1. The molecule has 0 unspecified atom stereocenters. The maximum absolute atomic E-state index is 12.5. The fourth-order valence-corrected chi connectivity index (χ4v) is 5.57. The average Bonchev–Trinajstić information content (AvgIpc) is 3.29. The van der Waals surface area contributed by atoms with Gasteiger partial charge in [0.05, 0.1) is 12.2 Å². The Kier molecular flexibility index (Phi) is 6.28. The summed E-state index contributed by atoms with van der Waals surface area (Å²) in [6.07, 6.45) is 12.1. The van der Waals surface area contributed by atoms with Crippen molar-refractivity contribution in [3.8, 4) is 0 Å². The molecule has 5 rings (SSSR count). The quantitative estimate of drug-likeness (QED) is 0.736. The standard InChI is InChI=1S/C25H37N3O2/c29-25(28-14-1-2-15-28)20-6-8-22(9-7-20)27-18-12-24(13-19-27)30-23-10-16-26(17-11-23)21-4-3-5-21/h6-9,21,23-24H,1-5,10-19H2. The topological polar surface area (TPSA) is 36.0 Å². The minimum Gasteiger partial charge on any atom is -0.375 e. The van der Waals surface area contributed by atoms with Gasteiger partial charge in [-0.2, -0.15) is 0 Å². The lowest BCUT2D eigenvalue weighted by molar-refractivity contribution is -0.0598. The van der Waals surface area contributed by atoms with Gasteiger partial charge >= 0.3 is 0 Å². The molecular weight excluding hydrogens is 374 g/mol. The van der Waals surface area contributed by atoms with Crippen molar-refractivity contribution in [3.05, 3.63) is 29.8 Å². The Bertz CT molecular complexity index is 696. The summed E-state index contributed by atoms with van der Waals surface area (Å²) in [5, 5.41) is 0. The molecule has 4 fully saturated rings. The van der Waals surface area contributed by atoms with E-state index in [0.29, 0.717) is 12.2 Å². The number of ether oxygens (including phenoxy) is 1. The first kappa shape index (κ1) is 20.3. The van der Waals surface area contributed by atoms with Crippen molar-refractivity contribution >= 4 is 11.6 Å². The molecule has 0 aromatic heterocycles. The lowest BCUT2D eigenvalue weighted by Crippen LogP contribution is -2.47. The second-order valence-electron chi connectivity index (χ2n) is 9.69. The van der Waals surface area contributed by atoms with Gasteiger partial charge in [-0.1, -0.05) is 6.42 Å². The number of piperidine rings is 2. The highest BCUT2D eigenvalue weighted by atomic mass is 16.5. The molecule has 3 aliphatic heterocycles. The van der Waals surface area contributed by atoms with E-state index in [1.807, 2.05) is 17.0 Å². The minimum absolute atomic E-state index is 0.189. The molecule has 0 radical (unpaired) electrons. The first-order valence-electron chi connectivity index (χ1n) is 12.3. The summed E-state index contributed by atoms with van der Waals surface area (Å²) in [7, 11) is 0. The molecule has 0 atom stereocenters. The van der Waals surface area contributed by atoms with E-state index in [1.54, 1.807) is 0 Å². The fraction of sp³-hybridized carbons (Fsp3) is 0.720. The summed E-state index contributed by atoms with van der Waals surface area (Å²) in [6, 6.07) is 9.15. The molecule has 5 heteroatoms. The predicted octanol–water partition coefficient (Wildman–Crippen LogP) is 3.92. The van der Waals surface area contributed by atoms with E-state index < -0.39 is 0 Å². The van der Waals surface area contributed by atoms with E-state index in [0.717, 1.165) is 63.5 Å². The number of anilines is 1. The number of amides is 1. The van der Waals surface area contributed by atoms with Crippen LogP contribution in [0.1, 0.15) is 68.1 Å². The molecule has 4 aliphatic rings. The van der Waals surface area contributed by atoms with Crippen molar-refractivity contribution in [2.45, 2.75) is 76.0 Å². The Morgan fingerprint density at radius 1 is 0.733 bits per heavy atom. The third kappa shape index (κ3) is 4.52. The molecule has 0 N–H and O–H groups in total. The van der Waals surface area contributed by atoms with Crippen molar-refractivity contribution < 1.29 is 9.53 Å². The van der Waals surface area contributed by atoms with Gasteiger partial charge in [-0.05, 0) is 75.6 Å². The highest BCUT2D eigenvalue weighted by molar-refractivity contribution is 5.94. The summed E-state index contributed by atoms with van der Waals surface area (Å²) in [4.78, 5) is 19.7.